The van der Waals surface area contributed by atoms with Gasteiger partial charge in [0.25, 0.3) is 0 Å². The molecule has 0 aliphatic carbocycles. The second-order valence-corrected chi connectivity index (χ2v) is 6.82. The number of rotatable bonds is 9. The number of nitrogens with zero attached hydrogens (tertiary/aromatic N) is 1. The van der Waals surface area contributed by atoms with E-state index in [9.17, 15) is 10.2 Å². The molecule has 0 unspecified atom stereocenters. The molecule has 130 valence electrons. The van der Waals surface area contributed by atoms with E-state index in [2.05, 4.69) is 43.0 Å². The monoisotopic (exact) mass is 327 g/mol. The molecule has 3 nitrogen and oxygen atoms in total. The molecule has 2 aromatic carbocycles. The zero-order valence-electron chi connectivity index (χ0n) is 14.7. The maximum atomic E-state index is 10.4. The maximum absolute atomic E-state index is 10.4. The van der Waals surface area contributed by atoms with Gasteiger partial charge in [0, 0.05) is 19.1 Å². The van der Waals surface area contributed by atoms with Crippen LogP contribution in [0.4, 0.5) is 0 Å². The average molecular weight is 327 g/mol. The van der Waals surface area contributed by atoms with Crippen molar-refractivity contribution in [2.45, 2.75) is 45.5 Å². The van der Waals surface area contributed by atoms with Crippen LogP contribution in [0.5, 0.6) is 0 Å². The van der Waals surface area contributed by atoms with E-state index in [1.165, 1.54) is 11.1 Å². The molecule has 0 saturated carbocycles. The lowest BCUT2D eigenvalue weighted by Crippen LogP contribution is -2.45. The fourth-order valence-electron chi connectivity index (χ4n) is 3.08. The number of aliphatic hydroxyl groups is 2. The lowest BCUT2D eigenvalue weighted by molar-refractivity contribution is -0.00479. The number of hydrogen-bond acceptors (Lipinski definition) is 3. The number of hydrogen-bond donors (Lipinski definition) is 2. The summed E-state index contributed by atoms with van der Waals surface area (Å²) in [5.41, 5.74) is 2.43. The molecule has 2 aromatic rings. The van der Waals surface area contributed by atoms with Crippen LogP contribution in [0.3, 0.4) is 0 Å². The molecule has 24 heavy (non-hydrogen) atoms. The lowest BCUT2D eigenvalue weighted by Gasteiger charge is -2.35. The molecule has 0 aromatic heterocycles. The standard InChI is InChI=1S/C21H29NO2/c1-17(2)13-20(21(24)16-23)22(14-18-9-5-3-6-10-18)15-19-11-7-4-8-12-19/h3-12,17,20-21,23-24H,13-16H2,1-2H3/t20-,21+/m0/s1. The van der Waals surface area contributed by atoms with Gasteiger partial charge in [-0.25, -0.2) is 0 Å². The van der Waals surface area contributed by atoms with E-state index in [-0.39, 0.29) is 12.6 Å². The predicted molar refractivity (Wildman–Crippen MR) is 98.5 cm³/mol. The molecule has 0 heterocycles. The second-order valence-electron chi connectivity index (χ2n) is 6.82. The first-order chi connectivity index (χ1) is 11.6. The van der Waals surface area contributed by atoms with Gasteiger partial charge >= 0.3 is 0 Å². The van der Waals surface area contributed by atoms with Gasteiger partial charge in [0.05, 0.1) is 12.7 Å². The third kappa shape index (κ3) is 5.75. The van der Waals surface area contributed by atoms with Gasteiger partial charge in [-0.3, -0.25) is 4.90 Å². The number of benzene rings is 2. The Morgan fingerprint density at radius 1 is 0.833 bits per heavy atom. The van der Waals surface area contributed by atoms with Crippen LogP contribution < -0.4 is 0 Å². The quantitative estimate of drug-likeness (QED) is 0.741. The van der Waals surface area contributed by atoms with Gasteiger partial charge in [-0.05, 0) is 23.5 Å². The zero-order chi connectivity index (χ0) is 17.4. The highest BCUT2D eigenvalue weighted by atomic mass is 16.3. The Bertz CT molecular complexity index is 529. The minimum Gasteiger partial charge on any atom is -0.394 e. The molecule has 0 aliphatic heterocycles. The van der Waals surface area contributed by atoms with Gasteiger partial charge in [-0.2, -0.15) is 0 Å². The minimum atomic E-state index is -0.736. The van der Waals surface area contributed by atoms with E-state index < -0.39 is 6.10 Å². The Morgan fingerprint density at radius 2 is 1.29 bits per heavy atom. The van der Waals surface area contributed by atoms with Crippen molar-refractivity contribution in [1.29, 1.82) is 0 Å². The van der Waals surface area contributed by atoms with E-state index in [0.29, 0.717) is 5.92 Å². The second kappa shape index (κ2) is 9.58. The van der Waals surface area contributed by atoms with Crippen molar-refractivity contribution in [1.82, 2.24) is 4.90 Å². The first-order valence-corrected chi connectivity index (χ1v) is 8.71. The lowest BCUT2D eigenvalue weighted by atomic mass is 9.96. The van der Waals surface area contributed by atoms with Crippen molar-refractivity contribution in [2.75, 3.05) is 6.61 Å². The zero-order valence-corrected chi connectivity index (χ0v) is 14.7. The fourth-order valence-corrected chi connectivity index (χ4v) is 3.08. The smallest absolute Gasteiger partial charge is 0.0925 e. The molecule has 0 fully saturated rings. The van der Waals surface area contributed by atoms with Gasteiger partial charge in [0.15, 0.2) is 0 Å². The van der Waals surface area contributed by atoms with Crippen LogP contribution in [0.1, 0.15) is 31.4 Å². The van der Waals surface area contributed by atoms with Crippen LogP contribution in [0.2, 0.25) is 0 Å². The van der Waals surface area contributed by atoms with Crippen LogP contribution in [0.25, 0.3) is 0 Å². The molecule has 0 amide bonds. The summed E-state index contributed by atoms with van der Waals surface area (Å²) in [6.45, 7) is 5.60. The Kier molecular flexibility index (Phi) is 7.44. The summed E-state index contributed by atoms with van der Waals surface area (Å²) in [5, 5.41) is 19.9. The molecular formula is C21H29NO2. The van der Waals surface area contributed by atoms with E-state index in [1.807, 2.05) is 36.4 Å². The highest BCUT2D eigenvalue weighted by molar-refractivity contribution is 5.17. The molecule has 2 rings (SSSR count). The summed E-state index contributed by atoms with van der Waals surface area (Å²) >= 11 is 0. The van der Waals surface area contributed by atoms with Crippen molar-refractivity contribution < 1.29 is 10.2 Å². The van der Waals surface area contributed by atoms with E-state index in [0.717, 1.165) is 19.5 Å². The average Bonchev–Trinajstić information content (AvgIpc) is 2.60. The van der Waals surface area contributed by atoms with E-state index in [4.69, 9.17) is 0 Å². The maximum Gasteiger partial charge on any atom is 0.0925 e. The molecule has 0 spiro atoms. The van der Waals surface area contributed by atoms with Crippen molar-refractivity contribution in [3.63, 3.8) is 0 Å². The Hall–Kier alpha value is -1.68. The third-order valence-corrected chi connectivity index (χ3v) is 4.27. The van der Waals surface area contributed by atoms with Gasteiger partial charge in [-0.15, -0.1) is 0 Å². The van der Waals surface area contributed by atoms with Crippen molar-refractivity contribution in [2.24, 2.45) is 5.92 Å². The van der Waals surface area contributed by atoms with Gasteiger partial charge in [0.2, 0.25) is 0 Å². The Labute approximate surface area is 145 Å². The summed E-state index contributed by atoms with van der Waals surface area (Å²) < 4.78 is 0. The van der Waals surface area contributed by atoms with Crippen molar-refractivity contribution in [3.8, 4) is 0 Å². The molecule has 2 N–H and O–H groups in total. The first kappa shape index (κ1) is 18.7. The number of aliphatic hydroxyl groups excluding tert-OH is 2. The third-order valence-electron chi connectivity index (χ3n) is 4.27. The molecule has 0 radical (unpaired) electrons. The summed E-state index contributed by atoms with van der Waals surface area (Å²) in [4.78, 5) is 2.28. The molecular weight excluding hydrogens is 298 g/mol. The van der Waals surface area contributed by atoms with Crippen LogP contribution in [0.15, 0.2) is 60.7 Å². The molecule has 0 bridgehead atoms. The summed E-state index contributed by atoms with van der Waals surface area (Å²) in [5.74, 6) is 0.449. The summed E-state index contributed by atoms with van der Waals surface area (Å²) in [6, 6.07) is 20.5. The van der Waals surface area contributed by atoms with Gasteiger partial charge in [-0.1, -0.05) is 74.5 Å². The van der Waals surface area contributed by atoms with Crippen molar-refractivity contribution in [3.05, 3.63) is 71.8 Å². The van der Waals surface area contributed by atoms with E-state index >= 15 is 0 Å². The van der Waals surface area contributed by atoms with Crippen LogP contribution in [-0.4, -0.2) is 33.9 Å². The molecule has 0 saturated heterocycles. The van der Waals surface area contributed by atoms with Crippen LogP contribution in [-0.2, 0) is 13.1 Å². The molecule has 0 aliphatic rings. The topological polar surface area (TPSA) is 43.7 Å². The fraction of sp³-hybridized carbons (Fsp3) is 0.429. The van der Waals surface area contributed by atoms with Crippen LogP contribution >= 0.6 is 0 Å². The van der Waals surface area contributed by atoms with Crippen LogP contribution in [0, 0.1) is 5.92 Å². The summed E-state index contributed by atoms with van der Waals surface area (Å²) in [7, 11) is 0. The van der Waals surface area contributed by atoms with Crippen molar-refractivity contribution >= 4 is 0 Å². The largest absolute Gasteiger partial charge is 0.394 e. The van der Waals surface area contributed by atoms with E-state index in [1.54, 1.807) is 0 Å². The SMILES string of the molecule is CC(C)C[C@@H]([C@H](O)CO)N(Cc1ccccc1)Cc1ccccc1. The Morgan fingerprint density at radius 3 is 1.67 bits per heavy atom. The Balaban J connectivity index is 2.24. The first-order valence-electron chi connectivity index (χ1n) is 8.71. The highest BCUT2D eigenvalue weighted by Crippen LogP contribution is 2.21. The normalized spacial score (nSPS) is 14.1. The predicted octanol–water partition coefficient (Wildman–Crippen LogP) is 3.46. The van der Waals surface area contributed by atoms with Gasteiger partial charge in [0.1, 0.15) is 0 Å². The molecule has 2 atom stereocenters. The van der Waals surface area contributed by atoms with Gasteiger partial charge < -0.3 is 10.2 Å². The summed E-state index contributed by atoms with van der Waals surface area (Å²) in [6.07, 6.45) is 0.112. The molecule has 3 heteroatoms. The minimum absolute atomic E-state index is 0.0737. The highest BCUT2D eigenvalue weighted by Gasteiger charge is 2.26.